The Kier molecular flexibility index (Phi) is 6.20. The monoisotopic (exact) mass is 522 g/mol. The number of methoxy groups -OCH3 is 1. The van der Waals surface area contributed by atoms with Gasteiger partial charge in [-0.2, -0.15) is 9.78 Å². The van der Waals surface area contributed by atoms with Crippen LogP contribution in [0.2, 0.25) is 0 Å². The first-order valence-electron chi connectivity index (χ1n) is 11.0. The van der Waals surface area contributed by atoms with Crippen LogP contribution in [-0.2, 0) is 14.9 Å². The van der Waals surface area contributed by atoms with Gasteiger partial charge >= 0.3 is 5.97 Å². The highest BCUT2D eigenvalue weighted by atomic mass is 79.9. The molecule has 0 radical (unpaired) electrons. The maximum atomic E-state index is 13.5. The molecule has 2 heterocycles. The zero-order chi connectivity index (χ0) is 24.8. The minimum Gasteiger partial charge on any atom is -0.467 e. The molecule has 8 heteroatoms. The smallest absolute Gasteiger partial charge is 0.328 e. The first-order valence-corrected chi connectivity index (χ1v) is 11.8. The van der Waals surface area contributed by atoms with Gasteiger partial charge in [0, 0.05) is 32.0 Å². The van der Waals surface area contributed by atoms with E-state index in [1.165, 1.54) is 11.8 Å². The summed E-state index contributed by atoms with van der Waals surface area (Å²) in [4.78, 5) is 30.6. The molecule has 7 nitrogen and oxygen atoms in total. The van der Waals surface area contributed by atoms with E-state index in [9.17, 15) is 9.59 Å². The van der Waals surface area contributed by atoms with E-state index in [1.807, 2.05) is 68.7 Å². The van der Waals surface area contributed by atoms with Crippen LogP contribution in [0.5, 0.6) is 0 Å². The van der Waals surface area contributed by atoms with E-state index < -0.39 is 11.5 Å². The second-order valence-electron chi connectivity index (χ2n) is 9.29. The molecule has 1 atom stereocenters. The first kappa shape index (κ1) is 23.9. The third-order valence-electron chi connectivity index (χ3n) is 5.92. The minimum absolute atomic E-state index is 0.239. The van der Waals surface area contributed by atoms with E-state index in [0.29, 0.717) is 16.7 Å². The quantitative estimate of drug-likeness (QED) is 0.268. The molecular weight excluding hydrogens is 496 g/mol. The number of nitrogens with zero attached hydrogens (tertiary/aromatic N) is 4. The lowest BCUT2D eigenvalue weighted by molar-refractivity contribution is -0.143. The molecule has 4 aromatic rings. The van der Waals surface area contributed by atoms with Crippen molar-refractivity contribution >= 4 is 49.9 Å². The summed E-state index contributed by atoms with van der Waals surface area (Å²) < 4.78 is 9.09. The van der Waals surface area contributed by atoms with Gasteiger partial charge in [0.05, 0.1) is 24.2 Å². The second-order valence-corrected chi connectivity index (χ2v) is 10.2. The number of carbonyl (C=O) groups excluding carboxylic acids is 1. The largest absolute Gasteiger partial charge is 0.467 e. The summed E-state index contributed by atoms with van der Waals surface area (Å²) in [5, 5.41) is 6.06. The van der Waals surface area contributed by atoms with Crippen LogP contribution in [0.25, 0.3) is 21.8 Å². The van der Waals surface area contributed by atoms with Crippen LogP contribution >= 0.6 is 15.9 Å². The molecular formula is C26H27BrN4O3. The fraction of sp³-hybridized carbons (Fsp3) is 0.308. The topological polar surface area (TPSA) is 78.5 Å². The molecule has 0 saturated heterocycles. The Balaban J connectivity index is 1.96. The molecule has 0 bridgehead atoms. The number of benzene rings is 2. The maximum Gasteiger partial charge on any atom is 0.328 e. The average molecular weight is 523 g/mol. The number of rotatable bonds is 4. The zero-order valence-corrected chi connectivity index (χ0v) is 21.7. The van der Waals surface area contributed by atoms with Crippen molar-refractivity contribution in [3.8, 4) is 0 Å². The lowest BCUT2D eigenvalue weighted by Crippen LogP contribution is -2.29. The normalized spacial score (nSPS) is 13.1. The van der Waals surface area contributed by atoms with Gasteiger partial charge in [-0.25, -0.2) is 9.78 Å². The van der Waals surface area contributed by atoms with Gasteiger partial charge in [0.2, 0.25) is 0 Å². The van der Waals surface area contributed by atoms with Crippen LogP contribution in [0, 0.1) is 6.92 Å². The van der Waals surface area contributed by atoms with E-state index in [0.717, 1.165) is 26.6 Å². The van der Waals surface area contributed by atoms with E-state index in [2.05, 4.69) is 21.0 Å². The summed E-state index contributed by atoms with van der Waals surface area (Å²) >= 11 is 3.44. The zero-order valence-electron chi connectivity index (χ0n) is 20.1. The Bertz CT molecular complexity index is 1510. The number of ether oxygens (including phenoxy) is 1. The van der Waals surface area contributed by atoms with Crippen molar-refractivity contribution in [1.29, 1.82) is 0 Å². The molecule has 34 heavy (non-hydrogen) atoms. The van der Waals surface area contributed by atoms with Crippen molar-refractivity contribution in [1.82, 2.24) is 14.2 Å². The van der Waals surface area contributed by atoms with Crippen LogP contribution < -0.4 is 5.56 Å². The van der Waals surface area contributed by atoms with Gasteiger partial charge in [-0.15, -0.1) is 0 Å². The number of fused-ring (bicyclic) bond motifs is 2. The van der Waals surface area contributed by atoms with E-state index >= 15 is 0 Å². The number of carbonyl (C=O) groups is 1. The van der Waals surface area contributed by atoms with Crippen molar-refractivity contribution in [2.45, 2.75) is 46.1 Å². The summed E-state index contributed by atoms with van der Waals surface area (Å²) in [6, 6.07) is 12.8. The highest BCUT2D eigenvalue weighted by Crippen LogP contribution is 2.29. The number of hydrogen-bond donors (Lipinski definition) is 0. The van der Waals surface area contributed by atoms with Gasteiger partial charge in [-0.3, -0.25) is 4.79 Å². The maximum absolute atomic E-state index is 13.5. The standard InChI is InChI=1S/C26H27BrN4O3/c1-15-20(18-9-7-8-10-22(18)30(15)16(2)24(33)34-6)14-28-31-23(32)19-13-17(27)11-12-21(19)29-25(31)26(3,4)5/h7-14,16H,1-6H3/t16-/m0/s1. The molecule has 0 aliphatic heterocycles. The minimum atomic E-state index is -0.510. The summed E-state index contributed by atoms with van der Waals surface area (Å²) in [7, 11) is 1.38. The molecule has 0 unspecified atom stereocenters. The molecule has 0 aliphatic rings. The summed E-state index contributed by atoms with van der Waals surface area (Å²) in [5.41, 5.74) is 2.54. The fourth-order valence-corrected chi connectivity index (χ4v) is 4.57. The Morgan fingerprint density at radius 1 is 1.18 bits per heavy atom. The highest BCUT2D eigenvalue weighted by molar-refractivity contribution is 9.10. The fourth-order valence-electron chi connectivity index (χ4n) is 4.21. The summed E-state index contributed by atoms with van der Waals surface area (Å²) in [5.74, 6) is 0.232. The summed E-state index contributed by atoms with van der Waals surface area (Å²) in [6.45, 7) is 9.74. The van der Waals surface area contributed by atoms with Gasteiger partial charge in [0.1, 0.15) is 11.9 Å². The van der Waals surface area contributed by atoms with Gasteiger partial charge < -0.3 is 9.30 Å². The van der Waals surface area contributed by atoms with Crippen molar-refractivity contribution in [2.24, 2.45) is 5.10 Å². The molecule has 0 spiro atoms. The van der Waals surface area contributed by atoms with Crippen LogP contribution in [0.1, 0.15) is 50.8 Å². The van der Waals surface area contributed by atoms with E-state index in [1.54, 1.807) is 19.2 Å². The number of hydrogen-bond acceptors (Lipinski definition) is 5. The number of para-hydroxylation sites is 1. The molecule has 2 aromatic heterocycles. The predicted octanol–water partition coefficient (Wildman–Crippen LogP) is 5.34. The Morgan fingerprint density at radius 3 is 2.56 bits per heavy atom. The molecule has 0 N–H and O–H groups in total. The summed E-state index contributed by atoms with van der Waals surface area (Å²) in [6.07, 6.45) is 1.68. The average Bonchev–Trinajstić information content (AvgIpc) is 3.08. The van der Waals surface area contributed by atoms with Crippen LogP contribution in [0.15, 0.2) is 56.8 Å². The van der Waals surface area contributed by atoms with Crippen LogP contribution in [0.3, 0.4) is 0 Å². The Hall–Kier alpha value is -3.26. The van der Waals surface area contributed by atoms with Crippen molar-refractivity contribution in [2.75, 3.05) is 7.11 Å². The van der Waals surface area contributed by atoms with Gasteiger partial charge in [-0.05, 0) is 38.1 Å². The molecule has 0 fully saturated rings. The third kappa shape index (κ3) is 4.07. The lowest BCUT2D eigenvalue weighted by Gasteiger charge is -2.20. The molecule has 2 aromatic carbocycles. The first-order chi connectivity index (χ1) is 16.0. The molecule has 0 amide bonds. The molecule has 0 saturated carbocycles. The SMILES string of the molecule is COC(=O)[C@H](C)n1c(C)c(C=Nn2c(C(C)(C)C)nc3ccc(Br)cc3c2=O)c2ccccc21. The van der Waals surface area contributed by atoms with Gasteiger partial charge in [0.25, 0.3) is 5.56 Å². The van der Waals surface area contributed by atoms with Gasteiger partial charge in [-0.1, -0.05) is 54.9 Å². The second kappa shape index (κ2) is 8.83. The highest BCUT2D eigenvalue weighted by Gasteiger charge is 2.24. The van der Waals surface area contributed by atoms with Crippen LogP contribution in [0.4, 0.5) is 0 Å². The molecule has 176 valence electrons. The van der Waals surface area contributed by atoms with E-state index in [-0.39, 0.29) is 11.5 Å². The number of aromatic nitrogens is 3. The van der Waals surface area contributed by atoms with E-state index in [4.69, 9.17) is 9.72 Å². The van der Waals surface area contributed by atoms with Crippen molar-refractivity contribution < 1.29 is 9.53 Å². The lowest BCUT2D eigenvalue weighted by atomic mass is 9.95. The Labute approximate surface area is 206 Å². The third-order valence-corrected chi connectivity index (χ3v) is 6.41. The predicted molar refractivity (Wildman–Crippen MR) is 139 cm³/mol. The van der Waals surface area contributed by atoms with Crippen molar-refractivity contribution in [3.63, 3.8) is 0 Å². The number of esters is 1. The van der Waals surface area contributed by atoms with Crippen molar-refractivity contribution in [3.05, 3.63) is 74.4 Å². The van der Waals surface area contributed by atoms with Gasteiger partial charge in [0.15, 0.2) is 0 Å². The van der Waals surface area contributed by atoms with Crippen LogP contribution in [-0.4, -0.2) is 33.5 Å². The number of halogens is 1. The molecule has 0 aliphatic carbocycles. The Morgan fingerprint density at radius 2 is 1.88 bits per heavy atom. The molecule has 4 rings (SSSR count).